The molecule has 39 heavy (non-hydrogen) atoms. The molecule has 206 valence electrons. The zero-order valence-corrected chi connectivity index (χ0v) is 22.6. The minimum atomic E-state index is -0.754. The average molecular weight is 532 g/mol. The fourth-order valence-corrected chi connectivity index (χ4v) is 5.97. The van der Waals surface area contributed by atoms with Crippen LogP contribution in [0.5, 0.6) is 0 Å². The van der Waals surface area contributed by atoms with Crippen LogP contribution >= 0.6 is 0 Å². The van der Waals surface area contributed by atoms with Crippen molar-refractivity contribution in [2.75, 3.05) is 44.2 Å². The van der Waals surface area contributed by atoms with Gasteiger partial charge in [0, 0.05) is 49.5 Å². The van der Waals surface area contributed by atoms with E-state index in [9.17, 15) is 19.2 Å². The van der Waals surface area contributed by atoms with E-state index in [0.717, 1.165) is 31.9 Å². The van der Waals surface area contributed by atoms with Crippen molar-refractivity contribution >= 4 is 29.2 Å². The molecule has 3 fully saturated rings. The highest BCUT2D eigenvalue weighted by atomic mass is 16.2. The third kappa shape index (κ3) is 5.68. The molecule has 1 unspecified atom stereocenters. The van der Waals surface area contributed by atoms with Crippen LogP contribution in [0.1, 0.15) is 47.4 Å². The molecule has 2 aromatic rings. The Bertz CT molecular complexity index is 1210. The summed E-state index contributed by atoms with van der Waals surface area (Å²) in [5.41, 5.74) is 2.09. The van der Waals surface area contributed by atoms with Crippen LogP contribution in [-0.2, 0) is 9.59 Å². The number of amides is 3. The van der Waals surface area contributed by atoms with Crippen LogP contribution in [0, 0.1) is 5.92 Å². The number of piperazine rings is 1. The standard InChI is InChI=1S/C30H37N5O4/c1-20(2)18-24(32-28(37)21-8-10-23(11-9-21)33-16-13-31-14-17-33)30(39)34-15-12-25-27(34)26(36)19-35(25)29(38)22-6-4-3-5-7-22/h3-11,20,24-25,27,31H,12-19H2,1-2H3,(H,32,37)/t24-,25?,27-/m0/s1. The Kier molecular flexibility index (Phi) is 7.97. The second-order valence-corrected chi connectivity index (χ2v) is 11.0. The van der Waals surface area contributed by atoms with Crippen LogP contribution in [-0.4, -0.2) is 90.7 Å². The summed E-state index contributed by atoms with van der Waals surface area (Å²) in [7, 11) is 0. The maximum atomic E-state index is 13.8. The maximum Gasteiger partial charge on any atom is 0.254 e. The topological polar surface area (TPSA) is 102 Å². The van der Waals surface area contributed by atoms with Crippen LogP contribution < -0.4 is 15.5 Å². The Labute approximate surface area is 229 Å². The quantitative estimate of drug-likeness (QED) is 0.566. The number of hydrogen-bond acceptors (Lipinski definition) is 6. The molecule has 9 nitrogen and oxygen atoms in total. The van der Waals surface area contributed by atoms with Crippen molar-refractivity contribution in [3.63, 3.8) is 0 Å². The number of nitrogens with one attached hydrogen (secondary N) is 2. The van der Waals surface area contributed by atoms with Crippen LogP contribution in [0.3, 0.4) is 0 Å². The number of carbonyl (C=O) groups excluding carboxylic acids is 4. The van der Waals surface area contributed by atoms with E-state index in [1.165, 1.54) is 0 Å². The van der Waals surface area contributed by atoms with Crippen molar-refractivity contribution in [1.82, 2.24) is 20.4 Å². The summed E-state index contributed by atoms with van der Waals surface area (Å²) in [6.07, 6.45) is 0.995. The van der Waals surface area contributed by atoms with Gasteiger partial charge in [-0.2, -0.15) is 0 Å². The highest BCUT2D eigenvalue weighted by Crippen LogP contribution is 2.32. The molecule has 2 aromatic carbocycles. The normalized spacial score (nSPS) is 21.7. The maximum absolute atomic E-state index is 13.8. The smallest absolute Gasteiger partial charge is 0.254 e. The highest BCUT2D eigenvalue weighted by Gasteiger charge is 2.52. The van der Waals surface area contributed by atoms with Crippen LogP contribution in [0.2, 0.25) is 0 Å². The summed E-state index contributed by atoms with van der Waals surface area (Å²) in [4.78, 5) is 58.7. The summed E-state index contributed by atoms with van der Waals surface area (Å²) in [5.74, 6) is -0.738. The van der Waals surface area contributed by atoms with Crippen molar-refractivity contribution in [3.05, 3.63) is 65.7 Å². The predicted octanol–water partition coefficient (Wildman–Crippen LogP) is 1.94. The molecule has 3 aliphatic rings. The largest absolute Gasteiger partial charge is 0.369 e. The van der Waals surface area contributed by atoms with Gasteiger partial charge in [-0.05, 0) is 55.2 Å². The predicted molar refractivity (Wildman–Crippen MR) is 149 cm³/mol. The molecule has 0 saturated carbocycles. The Morgan fingerprint density at radius 2 is 1.62 bits per heavy atom. The van der Waals surface area contributed by atoms with Crippen LogP contribution in [0.15, 0.2) is 54.6 Å². The van der Waals surface area contributed by atoms with Gasteiger partial charge in [0.1, 0.15) is 12.1 Å². The molecule has 2 N–H and O–H groups in total. The molecule has 9 heteroatoms. The number of likely N-dealkylation sites (tertiary alicyclic amines) is 2. The molecule has 0 spiro atoms. The van der Waals surface area contributed by atoms with Gasteiger partial charge in [-0.15, -0.1) is 0 Å². The number of hydrogen-bond donors (Lipinski definition) is 2. The fraction of sp³-hybridized carbons (Fsp3) is 0.467. The molecular formula is C30H37N5O4. The molecule has 5 rings (SSSR count). The van der Waals surface area contributed by atoms with Gasteiger partial charge in [-0.3, -0.25) is 19.2 Å². The van der Waals surface area contributed by atoms with Gasteiger partial charge in [0.05, 0.1) is 12.6 Å². The molecular weight excluding hydrogens is 494 g/mol. The number of nitrogens with zero attached hydrogens (tertiary/aromatic N) is 3. The second kappa shape index (κ2) is 11.6. The third-order valence-corrected chi connectivity index (χ3v) is 7.91. The lowest BCUT2D eigenvalue weighted by Gasteiger charge is -2.30. The van der Waals surface area contributed by atoms with Gasteiger partial charge >= 0.3 is 0 Å². The first-order chi connectivity index (χ1) is 18.8. The summed E-state index contributed by atoms with van der Waals surface area (Å²) >= 11 is 0. The number of anilines is 1. The number of Topliss-reactive ketones (excluding diaryl/α,β-unsaturated/α-hetero) is 1. The fourth-order valence-electron chi connectivity index (χ4n) is 5.97. The van der Waals surface area contributed by atoms with E-state index in [2.05, 4.69) is 15.5 Å². The monoisotopic (exact) mass is 531 g/mol. The van der Waals surface area contributed by atoms with Gasteiger partial charge in [-0.25, -0.2) is 0 Å². The first kappa shape index (κ1) is 26.9. The molecule has 3 heterocycles. The molecule has 3 amide bonds. The summed E-state index contributed by atoms with van der Waals surface area (Å²) in [6, 6.07) is 14.6. The molecule has 0 aromatic heterocycles. The molecule has 3 aliphatic heterocycles. The molecule has 0 radical (unpaired) electrons. The van der Waals surface area contributed by atoms with Gasteiger partial charge < -0.3 is 25.3 Å². The summed E-state index contributed by atoms with van der Waals surface area (Å²) in [6.45, 7) is 8.07. The van der Waals surface area contributed by atoms with Crippen LogP contribution in [0.25, 0.3) is 0 Å². The third-order valence-electron chi connectivity index (χ3n) is 7.91. The van der Waals surface area contributed by atoms with Gasteiger partial charge in [0.15, 0.2) is 5.78 Å². The SMILES string of the molecule is CC(C)C[C@H](NC(=O)c1ccc(N2CCNCC2)cc1)C(=O)N1CCC2[C@H]1C(=O)CN2C(=O)c1ccccc1. The molecule has 0 bridgehead atoms. The number of carbonyl (C=O) groups is 4. The number of rotatable bonds is 7. The van der Waals surface area contributed by atoms with Crippen molar-refractivity contribution in [1.29, 1.82) is 0 Å². The second-order valence-electron chi connectivity index (χ2n) is 11.0. The Balaban J connectivity index is 1.28. The van der Waals surface area contributed by atoms with Crippen molar-refractivity contribution < 1.29 is 19.2 Å². The Morgan fingerprint density at radius 1 is 0.923 bits per heavy atom. The molecule has 3 atom stereocenters. The van der Waals surface area contributed by atoms with Gasteiger partial charge in [-0.1, -0.05) is 32.0 Å². The first-order valence-corrected chi connectivity index (χ1v) is 13.9. The number of fused-ring (bicyclic) bond motifs is 1. The van der Waals surface area contributed by atoms with Gasteiger partial charge in [0.25, 0.3) is 11.8 Å². The van der Waals surface area contributed by atoms with E-state index in [1.54, 1.807) is 46.2 Å². The van der Waals surface area contributed by atoms with E-state index >= 15 is 0 Å². The Hall–Kier alpha value is -3.72. The number of benzene rings is 2. The minimum absolute atomic E-state index is 0.00647. The minimum Gasteiger partial charge on any atom is -0.369 e. The molecule has 0 aliphatic carbocycles. The van der Waals surface area contributed by atoms with E-state index in [4.69, 9.17) is 0 Å². The van der Waals surface area contributed by atoms with Crippen molar-refractivity contribution in [2.24, 2.45) is 5.92 Å². The van der Waals surface area contributed by atoms with E-state index in [0.29, 0.717) is 30.5 Å². The lowest BCUT2D eigenvalue weighted by Crippen LogP contribution is -2.53. The van der Waals surface area contributed by atoms with Crippen molar-refractivity contribution in [2.45, 2.75) is 44.8 Å². The number of ketones is 1. The van der Waals surface area contributed by atoms with Crippen LogP contribution in [0.4, 0.5) is 5.69 Å². The zero-order valence-electron chi connectivity index (χ0n) is 22.6. The zero-order chi connectivity index (χ0) is 27.5. The van der Waals surface area contributed by atoms with E-state index < -0.39 is 12.1 Å². The lowest BCUT2D eigenvalue weighted by atomic mass is 10.0. The Morgan fingerprint density at radius 3 is 2.28 bits per heavy atom. The highest BCUT2D eigenvalue weighted by molar-refractivity contribution is 6.03. The van der Waals surface area contributed by atoms with Crippen molar-refractivity contribution in [3.8, 4) is 0 Å². The van der Waals surface area contributed by atoms with E-state index in [1.807, 2.05) is 32.0 Å². The lowest BCUT2D eigenvalue weighted by molar-refractivity contribution is -0.138. The molecule has 3 saturated heterocycles. The average Bonchev–Trinajstić information content (AvgIpc) is 3.54. The summed E-state index contributed by atoms with van der Waals surface area (Å²) < 4.78 is 0. The van der Waals surface area contributed by atoms with Gasteiger partial charge in [0.2, 0.25) is 5.91 Å². The van der Waals surface area contributed by atoms with E-state index in [-0.39, 0.29) is 42.0 Å². The first-order valence-electron chi connectivity index (χ1n) is 13.9. The summed E-state index contributed by atoms with van der Waals surface area (Å²) in [5, 5.41) is 6.28.